The van der Waals surface area contributed by atoms with Crippen LogP contribution in [0, 0.1) is 11.3 Å². The van der Waals surface area contributed by atoms with Gasteiger partial charge in [0.2, 0.25) is 5.91 Å². The molecule has 2 rings (SSSR count). The summed E-state index contributed by atoms with van der Waals surface area (Å²) >= 11 is 0. The van der Waals surface area contributed by atoms with Gasteiger partial charge in [0.25, 0.3) is 0 Å². The molecule has 0 fully saturated rings. The van der Waals surface area contributed by atoms with Gasteiger partial charge >= 0.3 is 12.1 Å². The molecule has 2 aromatic rings. The normalized spacial score (nSPS) is 12.0. The van der Waals surface area contributed by atoms with Crippen LogP contribution in [0.5, 0.6) is 0 Å². The third kappa shape index (κ3) is 8.19. The second-order valence-electron chi connectivity index (χ2n) is 6.73. The number of hydrogen-bond donors (Lipinski definition) is 2. The molecule has 2 N–H and O–H groups in total. The van der Waals surface area contributed by atoms with Crippen LogP contribution in [-0.4, -0.2) is 37.2 Å². The largest absolute Gasteiger partial charge is 0.467 e. The van der Waals surface area contributed by atoms with E-state index < -0.39 is 30.1 Å². The molecule has 0 saturated carbocycles. The molecule has 0 bridgehead atoms. The minimum absolute atomic E-state index is 0.0397. The Bertz CT molecular complexity index is 896. The molecule has 0 aliphatic carbocycles. The van der Waals surface area contributed by atoms with Crippen molar-refractivity contribution in [3.63, 3.8) is 0 Å². The summed E-state index contributed by atoms with van der Waals surface area (Å²) in [7, 11) is 1.23. The molecule has 0 saturated heterocycles. The summed E-state index contributed by atoms with van der Waals surface area (Å²) in [4.78, 5) is 37.1. The lowest BCUT2D eigenvalue weighted by atomic mass is 10.0. The molecule has 2 atom stereocenters. The van der Waals surface area contributed by atoms with Gasteiger partial charge in [0.1, 0.15) is 18.7 Å². The Kier molecular flexibility index (Phi) is 9.56. The van der Waals surface area contributed by atoms with Crippen molar-refractivity contribution in [2.75, 3.05) is 7.11 Å². The lowest BCUT2D eigenvalue weighted by Gasteiger charge is -2.21. The average molecular weight is 423 g/mol. The third-order valence-electron chi connectivity index (χ3n) is 4.45. The van der Waals surface area contributed by atoms with Crippen molar-refractivity contribution in [3.8, 4) is 6.07 Å². The van der Waals surface area contributed by atoms with E-state index in [9.17, 15) is 14.4 Å². The van der Waals surface area contributed by atoms with Crippen LogP contribution in [0.2, 0.25) is 0 Å². The van der Waals surface area contributed by atoms with E-state index in [-0.39, 0.29) is 25.9 Å². The molecule has 0 aliphatic rings. The number of nitrogens with zero attached hydrogens (tertiary/aromatic N) is 1. The van der Waals surface area contributed by atoms with Crippen LogP contribution in [0.1, 0.15) is 24.0 Å². The lowest BCUT2D eigenvalue weighted by Crippen LogP contribution is -2.52. The molecule has 162 valence electrons. The number of benzene rings is 2. The van der Waals surface area contributed by atoms with Crippen LogP contribution in [0.25, 0.3) is 0 Å². The van der Waals surface area contributed by atoms with Gasteiger partial charge in [-0.3, -0.25) is 4.79 Å². The molecule has 0 heterocycles. The number of alkyl carbamates (subject to hydrolysis) is 1. The van der Waals surface area contributed by atoms with E-state index in [0.717, 1.165) is 11.1 Å². The zero-order valence-corrected chi connectivity index (χ0v) is 17.2. The van der Waals surface area contributed by atoms with Crippen molar-refractivity contribution in [2.24, 2.45) is 0 Å². The Hall–Kier alpha value is -3.86. The Morgan fingerprint density at radius 2 is 1.55 bits per heavy atom. The molecule has 8 heteroatoms. The number of esters is 1. The fourth-order valence-corrected chi connectivity index (χ4v) is 2.84. The maximum Gasteiger partial charge on any atom is 0.408 e. The Balaban J connectivity index is 2.01. The van der Waals surface area contributed by atoms with Gasteiger partial charge in [-0.25, -0.2) is 9.59 Å². The number of methoxy groups -OCH3 is 1. The van der Waals surface area contributed by atoms with Crippen molar-refractivity contribution in [1.29, 1.82) is 5.26 Å². The lowest BCUT2D eigenvalue weighted by molar-refractivity contribution is -0.145. The van der Waals surface area contributed by atoms with E-state index in [1.807, 2.05) is 54.6 Å². The summed E-state index contributed by atoms with van der Waals surface area (Å²) in [5, 5.41) is 14.0. The van der Waals surface area contributed by atoms with Crippen LogP contribution in [0.3, 0.4) is 0 Å². The van der Waals surface area contributed by atoms with Crippen LogP contribution >= 0.6 is 0 Å². The molecule has 31 heavy (non-hydrogen) atoms. The van der Waals surface area contributed by atoms with Gasteiger partial charge in [0, 0.05) is 12.8 Å². The Labute approximate surface area is 181 Å². The van der Waals surface area contributed by atoms with Crippen molar-refractivity contribution < 1.29 is 23.9 Å². The molecule has 2 amide bonds. The number of carbonyl (C=O) groups is 3. The summed E-state index contributed by atoms with van der Waals surface area (Å²) in [5.74, 6) is -1.21. The van der Waals surface area contributed by atoms with Gasteiger partial charge in [0.15, 0.2) is 0 Å². The maximum absolute atomic E-state index is 12.8. The van der Waals surface area contributed by atoms with E-state index >= 15 is 0 Å². The van der Waals surface area contributed by atoms with E-state index in [1.54, 1.807) is 12.1 Å². The summed E-state index contributed by atoms with van der Waals surface area (Å²) in [6.07, 6.45) is -0.455. The second kappa shape index (κ2) is 12.6. The number of nitrogens with one attached hydrogen (secondary N) is 2. The fraction of sp³-hybridized carbons (Fsp3) is 0.304. The molecule has 0 radical (unpaired) electrons. The molecule has 2 aromatic carbocycles. The standard InChI is InChI=1S/C23H25N3O5/c1-30-22(28)20(15-17-9-4-2-5-10-17)25-21(27)19(13-8-14-24)26-23(29)31-16-18-11-6-3-7-12-18/h2-7,9-12,19-20H,8,13,15-16H2,1H3,(H,25,27)(H,26,29)/t19-,20+/m1/s1. The summed E-state index contributed by atoms with van der Waals surface area (Å²) in [6, 6.07) is 18.2. The number of rotatable bonds is 10. The third-order valence-corrected chi connectivity index (χ3v) is 4.45. The van der Waals surface area contributed by atoms with Gasteiger partial charge < -0.3 is 20.1 Å². The quantitative estimate of drug-likeness (QED) is 0.567. The molecule has 0 aromatic heterocycles. The zero-order chi connectivity index (χ0) is 22.5. The minimum atomic E-state index is -1.04. The molecule has 0 unspecified atom stereocenters. The predicted octanol–water partition coefficient (Wildman–Crippen LogP) is 2.49. The number of nitriles is 1. The molecular weight excluding hydrogens is 398 g/mol. The molecule has 0 spiro atoms. The molecule has 8 nitrogen and oxygen atoms in total. The first-order valence-corrected chi connectivity index (χ1v) is 9.79. The molecular formula is C23H25N3O5. The van der Waals surface area contributed by atoms with Crippen LogP contribution in [0.4, 0.5) is 4.79 Å². The number of ether oxygens (including phenoxy) is 2. The van der Waals surface area contributed by atoms with Gasteiger partial charge in [-0.15, -0.1) is 0 Å². The van der Waals surface area contributed by atoms with Gasteiger partial charge in [0.05, 0.1) is 13.2 Å². The van der Waals surface area contributed by atoms with Crippen LogP contribution in [-0.2, 0) is 32.1 Å². The predicted molar refractivity (Wildman–Crippen MR) is 112 cm³/mol. The second-order valence-corrected chi connectivity index (χ2v) is 6.73. The van der Waals surface area contributed by atoms with E-state index in [1.165, 1.54) is 7.11 Å². The topological polar surface area (TPSA) is 118 Å². The minimum Gasteiger partial charge on any atom is -0.467 e. The Morgan fingerprint density at radius 3 is 2.13 bits per heavy atom. The highest BCUT2D eigenvalue weighted by Gasteiger charge is 2.27. The SMILES string of the molecule is COC(=O)[C@H](Cc1ccccc1)NC(=O)[C@@H](CCC#N)NC(=O)OCc1ccccc1. The van der Waals surface area contributed by atoms with E-state index in [2.05, 4.69) is 10.6 Å². The van der Waals surface area contributed by atoms with Crippen molar-refractivity contribution in [2.45, 2.75) is 38.0 Å². The fourth-order valence-electron chi connectivity index (χ4n) is 2.84. The van der Waals surface area contributed by atoms with E-state index in [4.69, 9.17) is 14.7 Å². The number of carbonyl (C=O) groups excluding carboxylic acids is 3. The van der Waals surface area contributed by atoms with Gasteiger partial charge in [-0.1, -0.05) is 60.7 Å². The van der Waals surface area contributed by atoms with Crippen molar-refractivity contribution in [1.82, 2.24) is 10.6 Å². The smallest absolute Gasteiger partial charge is 0.408 e. The first kappa shape index (κ1) is 23.4. The van der Waals surface area contributed by atoms with Crippen molar-refractivity contribution >= 4 is 18.0 Å². The van der Waals surface area contributed by atoms with Crippen molar-refractivity contribution in [3.05, 3.63) is 71.8 Å². The number of amides is 2. The van der Waals surface area contributed by atoms with Crippen LogP contribution < -0.4 is 10.6 Å². The maximum atomic E-state index is 12.8. The highest BCUT2D eigenvalue weighted by Crippen LogP contribution is 2.07. The summed E-state index contributed by atoms with van der Waals surface area (Å²) < 4.78 is 9.95. The first-order chi connectivity index (χ1) is 15.0. The van der Waals surface area contributed by atoms with Gasteiger partial charge in [-0.2, -0.15) is 5.26 Å². The number of hydrogen-bond acceptors (Lipinski definition) is 6. The highest BCUT2D eigenvalue weighted by atomic mass is 16.5. The Morgan fingerprint density at radius 1 is 0.935 bits per heavy atom. The monoisotopic (exact) mass is 423 g/mol. The molecule has 0 aliphatic heterocycles. The van der Waals surface area contributed by atoms with Gasteiger partial charge in [-0.05, 0) is 17.5 Å². The first-order valence-electron chi connectivity index (χ1n) is 9.79. The zero-order valence-electron chi connectivity index (χ0n) is 17.2. The van der Waals surface area contributed by atoms with Crippen LogP contribution in [0.15, 0.2) is 60.7 Å². The average Bonchev–Trinajstić information content (AvgIpc) is 2.80. The summed E-state index contributed by atoms with van der Waals surface area (Å²) in [5.41, 5.74) is 1.63. The van der Waals surface area contributed by atoms with E-state index in [0.29, 0.717) is 0 Å². The highest BCUT2D eigenvalue weighted by molar-refractivity contribution is 5.89. The summed E-state index contributed by atoms with van der Waals surface area (Å²) in [6.45, 7) is 0.0397.